The van der Waals surface area contributed by atoms with Gasteiger partial charge in [-0.2, -0.15) is 0 Å². The van der Waals surface area contributed by atoms with E-state index < -0.39 is 61.5 Å². The summed E-state index contributed by atoms with van der Waals surface area (Å²) in [6, 6.07) is 7.89. The van der Waals surface area contributed by atoms with E-state index in [1.807, 2.05) is 0 Å². The third-order valence-electron chi connectivity index (χ3n) is 4.82. The zero-order valence-corrected chi connectivity index (χ0v) is 18.5. The number of carbonyl (C=O) groups is 2. The summed E-state index contributed by atoms with van der Waals surface area (Å²) in [6.07, 6.45) is -0.533. The van der Waals surface area contributed by atoms with Crippen molar-refractivity contribution >= 4 is 27.5 Å². The number of rotatable bonds is 10. The van der Waals surface area contributed by atoms with Crippen LogP contribution in [0.2, 0.25) is 0 Å². The van der Waals surface area contributed by atoms with Crippen LogP contribution in [-0.4, -0.2) is 38.2 Å². The molecule has 2 aromatic rings. The summed E-state index contributed by atoms with van der Waals surface area (Å²) in [7, 11) is -3.27. The Bertz CT molecular complexity index is 1130. The van der Waals surface area contributed by atoms with Crippen molar-refractivity contribution in [3.05, 3.63) is 69.5 Å². The number of carbonyl (C=O) groups excluding carboxylic acids is 2. The van der Waals surface area contributed by atoms with E-state index in [4.69, 9.17) is 4.74 Å². The van der Waals surface area contributed by atoms with Crippen LogP contribution in [0.5, 0.6) is 0 Å². The van der Waals surface area contributed by atoms with Gasteiger partial charge in [-0.25, -0.2) is 17.5 Å². The molecule has 0 saturated carbocycles. The van der Waals surface area contributed by atoms with Crippen LogP contribution in [0.4, 0.5) is 10.1 Å². The summed E-state index contributed by atoms with van der Waals surface area (Å²) in [4.78, 5) is 34.5. The highest BCUT2D eigenvalue weighted by atomic mass is 32.2. The molecular weight excluding hydrogens is 443 g/mol. The maximum atomic E-state index is 14.2. The number of hydrogen-bond acceptors (Lipinski definition) is 7. The minimum Gasteiger partial charge on any atom is -0.469 e. The normalized spacial score (nSPS) is 13.2. The van der Waals surface area contributed by atoms with Crippen molar-refractivity contribution in [1.29, 1.82) is 0 Å². The lowest BCUT2D eigenvalue weighted by Gasteiger charge is -2.18. The first-order valence-electron chi connectivity index (χ1n) is 9.57. The van der Waals surface area contributed by atoms with Gasteiger partial charge in [0.15, 0.2) is 10.7 Å². The Labute approximate surface area is 184 Å². The lowest BCUT2D eigenvalue weighted by Crippen LogP contribution is -2.40. The number of hydrogen-bond donors (Lipinski definition) is 1. The van der Waals surface area contributed by atoms with E-state index in [0.717, 1.165) is 19.2 Å². The minimum absolute atomic E-state index is 0.117. The summed E-state index contributed by atoms with van der Waals surface area (Å²) in [5, 5.41) is 11.1. The molecule has 0 amide bonds. The Morgan fingerprint density at radius 2 is 1.88 bits per heavy atom. The average Bonchev–Trinajstić information content (AvgIpc) is 2.73. The fourth-order valence-corrected chi connectivity index (χ4v) is 4.51. The lowest BCUT2D eigenvalue weighted by molar-refractivity contribution is -0.387. The van der Waals surface area contributed by atoms with Gasteiger partial charge in [0.25, 0.3) is 5.69 Å². The minimum atomic E-state index is -4.40. The third-order valence-corrected chi connectivity index (χ3v) is 6.41. The number of sulfonamides is 1. The monoisotopic (exact) mass is 466 g/mol. The van der Waals surface area contributed by atoms with Crippen LogP contribution in [0.1, 0.15) is 24.5 Å². The molecule has 0 unspecified atom stereocenters. The molecule has 0 bridgehead atoms. The molecule has 2 rings (SSSR count). The molecule has 0 saturated heterocycles. The number of halogens is 1. The smallest absolute Gasteiger partial charge is 0.309 e. The van der Waals surface area contributed by atoms with E-state index in [-0.39, 0.29) is 12.0 Å². The zero-order valence-electron chi connectivity index (χ0n) is 17.7. The maximum absolute atomic E-state index is 14.2. The summed E-state index contributed by atoms with van der Waals surface area (Å²) in [5.74, 6) is -2.97. The molecule has 0 aliphatic heterocycles. The second-order valence-electron chi connectivity index (χ2n) is 7.26. The van der Waals surface area contributed by atoms with E-state index >= 15 is 0 Å². The Balaban J connectivity index is 2.19. The van der Waals surface area contributed by atoms with Crippen molar-refractivity contribution in [2.24, 2.45) is 5.92 Å². The Morgan fingerprint density at radius 3 is 2.47 bits per heavy atom. The summed E-state index contributed by atoms with van der Waals surface area (Å²) in [5.41, 5.74) is 0.267. The highest BCUT2D eigenvalue weighted by Gasteiger charge is 2.31. The summed E-state index contributed by atoms with van der Waals surface area (Å²) >= 11 is 0. The van der Waals surface area contributed by atoms with E-state index in [0.29, 0.717) is 5.56 Å². The fraction of sp³-hybridized carbons (Fsp3) is 0.333. The van der Waals surface area contributed by atoms with Crippen molar-refractivity contribution in [1.82, 2.24) is 4.72 Å². The van der Waals surface area contributed by atoms with Gasteiger partial charge in [0.05, 0.1) is 24.0 Å². The number of nitro groups is 1. The third kappa shape index (κ3) is 6.17. The van der Waals surface area contributed by atoms with Crippen LogP contribution < -0.4 is 4.72 Å². The van der Waals surface area contributed by atoms with Gasteiger partial charge < -0.3 is 4.74 Å². The standard InChI is InChI=1S/C21H23FN2O7S/c1-13-8-9-15(17(22)10-13)11-16(21(26)31-3)12-19(25)14(2)23-32(29,30)20-7-5-4-6-18(20)24(27)28/h4-10,14,16,23H,11-12H2,1-3H3/t14-,16+/m0/s1. The molecule has 2 aromatic carbocycles. The number of Topliss-reactive ketones (excluding diaryl/α,β-unsaturated/α-hetero) is 1. The molecule has 32 heavy (non-hydrogen) atoms. The number of ketones is 1. The number of methoxy groups -OCH3 is 1. The molecule has 0 aliphatic carbocycles. The van der Waals surface area contributed by atoms with Gasteiger partial charge in [-0.3, -0.25) is 19.7 Å². The molecule has 1 N–H and O–H groups in total. The second-order valence-corrected chi connectivity index (χ2v) is 8.94. The number of para-hydroxylation sites is 1. The molecule has 0 fully saturated rings. The van der Waals surface area contributed by atoms with E-state index in [1.54, 1.807) is 13.0 Å². The van der Waals surface area contributed by atoms with Crippen LogP contribution >= 0.6 is 0 Å². The van der Waals surface area contributed by atoms with Crippen LogP contribution in [-0.2, 0) is 30.8 Å². The van der Waals surface area contributed by atoms with Gasteiger partial charge in [0.1, 0.15) is 5.82 Å². The highest BCUT2D eigenvalue weighted by Crippen LogP contribution is 2.24. The van der Waals surface area contributed by atoms with Crippen molar-refractivity contribution in [3.8, 4) is 0 Å². The van der Waals surface area contributed by atoms with Crippen LogP contribution in [0.15, 0.2) is 47.4 Å². The SMILES string of the molecule is COC(=O)[C@@H](CC(=O)[C@H](C)NS(=O)(=O)c1ccccc1[N+](=O)[O-])Cc1ccc(C)cc1F. The number of benzene rings is 2. The molecule has 0 aromatic heterocycles. The van der Waals surface area contributed by atoms with Crippen molar-refractivity contribution in [2.75, 3.05) is 7.11 Å². The predicted octanol–water partition coefficient (Wildman–Crippen LogP) is 2.70. The van der Waals surface area contributed by atoms with E-state index in [9.17, 15) is 32.5 Å². The van der Waals surface area contributed by atoms with Gasteiger partial charge in [0, 0.05) is 12.5 Å². The van der Waals surface area contributed by atoms with Crippen molar-refractivity contribution in [2.45, 2.75) is 37.6 Å². The Hall–Kier alpha value is -3.18. The number of nitrogens with zero attached hydrogens (tertiary/aromatic N) is 1. The number of esters is 1. The van der Waals surface area contributed by atoms with Crippen LogP contribution in [0, 0.1) is 28.8 Å². The number of aryl methyl sites for hydroxylation is 1. The molecule has 0 spiro atoms. The topological polar surface area (TPSA) is 133 Å². The molecular formula is C21H23FN2O7S. The quantitative estimate of drug-likeness (QED) is 0.323. The molecule has 0 heterocycles. The Kier molecular flexibility index (Phi) is 8.17. The van der Waals surface area contributed by atoms with E-state index in [1.165, 1.54) is 31.2 Å². The number of nitrogens with one attached hydrogen (secondary N) is 1. The predicted molar refractivity (Wildman–Crippen MR) is 113 cm³/mol. The Morgan fingerprint density at radius 1 is 1.22 bits per heavy atom. The summed E-state index contributed by atoms with van der Waals surface area (Å²) < 4.78 is 46.2. The molecule has 2 atom stereocenters. The fourth-order valence-electron chi connectivity index (χ4n) is 3.11. The molecule has 0 aliphatic rings. The van der Waals surface area contributed by atoms with Crippen LogP contribution in [0.25, 0.3) is 0 Å². The first-order valence-corrected chi connectivity index (χ1v) is 11.1. The number of ether oxygens (including phenoxy) is 1. The van der Waals surface area contributed by atoms with Gasteiger partial charge in [-0.05, 0) is 43.5 Å². The average molecular weight is 466 g/mol. The maximum Gasteiger partial charge on any atom is 0.309 e. The van der Waals surface area contributed by atoms with Gasteiger partial charge >= 0.3 is 5.97 Å². The van der Waals surface area contributed by atoms with Gasteiger partial charge in [-0.15, -0.1) is 0 Å². The summed E-state index contributed by atoms with van der Waals surface area (Å²) in [6.45, 7) is 2.97. The van der Waals surface area contributed by atoms with Crippen LogP contribution in [0.3, 0.4) is 0 Å². The number of nitro benzene ring substituents is 1. The zero-order chi connectivity index (χ0) is 24.1. The first-order chi connectivity index (χ1) is 15.0. The second kappa shape index (κ2) is 10.4. The molecule has 172 valence electrons. The molecule has 11 heteroatoms. The van der Waals surface area contributed by atoms with Crippen molar-refractivity contribution < 1.29 is 32.1 Å². The van der Waals surface area contributed by atoms with Gasteiger partial charge in [0.2, 0.25) is 10.0 Å². The molecule has 0 radical (unpaired) electrons. The van der Waals surface area contributed by atoms with E-state index in [2.05, 4.69) is 4.72 Å². The molecule has 9 nitrogen and oxygen atoms in total. The van der Waals surface area contributed by atoms with Crippen molar-refractivity contribution in [3.63, 3.8) is 0 Å². The first kappa shape index (κ1) is 25.1. The largest absolute Gasteiger partial charge is 0.469 e. The van der Waals surface area contributed by atoms with Gasteiger partial charge in [-0.1, -0.05) is 24.3 Å². The lowest BCUT2D eigenvalue weighted by atomic mass is 9.92. The highest BCUT2D eigenvalue weighted by molar-refractivity contribution is 7.89.